The van der Waals surface area contributed by atoms with E-state index in [0.717, 1.165) is 36.5 Å². The lowest BCUT2D eigenvalue weighted by Crippen LogP contribution is -2.48. The van der Waals surface area contributed by atoms with Gasteiger partial charge in [0.05, 0.1) is 9.77 Å². The molecule has 1 fully saturated rings. The van der Waals surface area contributed by atoms with Crippen LogP contribution in [-0.4, -0.2) is 56.3 Å². The second-order valence-electron chi connectivity index (χ2n) is 6.87. The Balaban J connectivity index is 1.75. The Morgan fingerprint density at radius 1 is 1.14 bits per heavy atom. The van der Waals surface area contributed by atoms with Gasteiger partial charge in [0.25, 0.3) is 5.91 Å². The molecule has 0 aliphatic carbocycles. The van der Waals surface area contributed by atoms with Gasteiger partial charge in [-0.15, -0.1) is 11.3 Å². The van der Waals surface area contributed by atoms with E-state index in [2.05, 4.69) is 24.1 Å². The molecule has 1 aliphatic heterocycles. The molecule has 3 rings (SSSR count). The lowest BCUT2D eigenvalue weighted by atomic mass is 10.2. The molecule has 0 saturated carbocycles. The van der Waals surface area contributed by atoms with Crippen LogP contribution in [0.2, 0.25) is 0 Å². The molecule has 0 atom stereocenters. The third kappa shape index (κ3) is 4.46. The molecule has 28 heavy (non-hydrogen) atoms. The van der Waals surface area contributed by atoms with Crippen LogP contribution in [0.15, 0.2) is 35.2 Å². The van der Waals surface area contributed by atoms with Gasteiger partial charge in [-0.3, -0.25) is 4.79 Å². The van der Waals surface area contributed by atoms with Crippen LogP contribution < -0.4 is 5.32 Å². The molecule has 0 radical (unpaired) electrons. The molecule has 1 saturated heterocycles. The molecule has 0 spiro atoms. The van der Waals surface area contributed by atoms with E-state index in [4.69, 9.17) is 0 Å². The summed E-state index contributed by atoms with van der Waals surface area (Å²) in [4.78, 5) is 16.8. The van der Waals surface area contributed by atoms with Gasteiger partial charge in [-0.1, -0.05) is 19.9 Å². The van der Waals surface area contributed by atoms with E-state index in [-0.39, 0.29) is 10.8 Å². The van der Waals surface area contributed by atoms with E-state index < -0.39 is 10.0 Å². The molecule has 152 valence electrons. The zero-order chi connectivity index (χ0) is 20.3. The molecule has 2 aromatic rings. The number of nitrogens with zero attached hydrogens (tertiary/aromatic N) is 2. The molecular weight excluding hydrogens is 394 g/mol. The summed E-state index contributed by atoms with van der Waals surface area (Å²) >= 11 is 1.46. The van der Waals surface area contributed by atoms with Gasteiger partial charge in [0.15, 0.2) is 0 Å². The first kappa shape index (κ1) is 21.0. The van der Waals surface area contributed by atoms with E-state index >= 15 is 0 Å². The highest BCUT2D eigenvalue weighted by molar-refractivity contribution is 7.89. The van der Waals surface area contributed by atoms with E-state index in [1.165, 1.54) is 15.6 Å². The predicted molar refractivity (Wildman–Crippen MR) is 114 cm³/mol. The van der Waals surface area contributed by atoms with Gasteiger partial charge in [0.1, 0.15) is 0 Å². The first-order valence-electron chi connectivity index (χ1n) is 9.58. The molecule has 2 heterocycles. The van der Waals surface area contributed by atoms with Crippen LogP contribution in [0.4, 0.5) is 5.69 Å². The summed E-state index contributed by atoms with van der Waals surface area (Å²) in [6, 6.07) is 8.42. The second kappa shape index (κ2) is 8.73. The Labute approximate surface area is 171 Å². The summed E-state index contributed by atoms with van der Waals surface area (Å²) in [7, 11) is -3.57. The first-order valence-corrected chi connectivity index (χ1v) is 11.8. The lowest BCUT2D eigenvalue weighted by Gasteiger charge is -2.33. The number of hydrogen-bond donors (Lipinski definition) is 1. The number of thiophene rings is 1. The van der Waals surface area contributed by atoms with Gasteiger partial charge in [-0.25, -0.2) is 8.42 Å². The molecule has 6 nitrogen and oxygen atoms in total. The van der Waals surface area contributed by atoms with Crippen molar-refractivity contribution in [3.8, 4) is 0 Å². The van der Waals surface area contributed by atoms with Crippen molar-refractivity contribution in [1.82, 2.24) is 9.21 Å². The number of carbonyl (C=O) groups is 1. The molecular formula is C20H27N3O3S2. The van der Waals surface area contributed by atoms with E-state index in [1.54, 1.807) is 24.3 Å². The largest absolute Gasteiger partial charge is 0.321 e. The summed E-state index contributed by atoms with van der Waals surface area (Å²) in [6.45, 7) is 9.53. The number of aryl methyl sites for hydroxylation is 2. The summed E-state index contributed by atoms with van der Waals surface area (Å²) < 4.78 is 27.5. The Bertz CT molecular complexity index is 945. The molecule has 1 aromatic carbocycles. The van der Waals surface area contributed by atoms with E-state index in [1.807, 2.05) is 13.0 Å². The fourth-order valence-corrected chi connectivity index (χ4v) is 5.82. The van der Waals surface area contributed by atoms with Gasteiger partial charge in [-0.05, 0) is 49.7 Å². The molecule has 1 amide bonds. The normalized spacial score (nSPS) is 16.2. The van der Waals surface area contributed by atoms with Crippen molar-refractivity contribution in [2.75, 3.05) is 38.0 Å². The summed E-state index contributed by atoms with van der Waals surface area (Å²) in [5, 5.41) is 2.83. The average Bonchev–Trinajstić information content (AvgIpc) is 3.09. The number of nitrogens with one attached hydrogen (secondary N) is 1. The number of piperazine rings is 1. The van der Waals surface area contributed by atoms with Crippen LogP contribution in [0.5, 0.6) is 0 Å². The standard InChI is InChI=1S/C20H27N3O3S2/c1-4-16-13-19(27-15(16)3)20(24)21-17-7-6-8-18(14-17)28(25,26)23-11-9-22(5-2)10-12-23/h6-8,13-14H,4-5,9-12H2,1-3H3,(H,21,24). The van der Waals surface area contributed by atoms with Crippen LogP contribution in [0.25, 0.3) is 0 Å². The number of anilines is 1. The number of amides is 1. The highest BCUT2D eigenvalue weighted by atomic mass is 32.2. The second-order valence-corrected chi connectivity index (χ2v) is 10.1. The fourth-order valence-electron chi connectivity index (χ4n) is 3.34. The van der Waals surface area contributed by atoms with Gasteiger partial charge >= 0.3 is 0 Å². The van der Waals surface area contributed by atoms with Crippen LogP contribution in [0, 0.1) is 6.92 Å². The molecule has 1 N–H and O–H groups in total. The SMILES string of the molecule is CCc1cc(C(=O)Nc2cccc(S(=O)(=O)N3CCN(CC)CC3)c2)sc1C. The Hall–Kier alpha value is -1.74. The topological polar surface area (TPSA) is 69.7 Å². The van der Waals surface area contributed by atoms with Gasteiger partial charge in [-0.2, -0.15) is 4.31 Å². The first-order chi connectivity index (χ1) is 13.3. The maximum absolute atomic E-state index is 13.0. The minimum atomic E-state index is -3.57. The number of benzene rings is 1. The monoisotopic (exact) mass is 421 g/mol. The van der Waals surface area contributed by atoms with Crippen molar-refractivity contribution < 1.29 is 13.2 Å². The molecule has 1 aromatic heterocycles. The van der Waals surface area contributed by atoms with Crippen LogP contribution in [0.1, 0.15) is 34.0 Å². The third-order valence-corrected chi connectivity index (χ3v) is 8.12. The molecule has 8 heteroatoms. The predicted octanol–water partition coefficient (Wildman–Crippen LogP) is 3.20. The quantitative estimate of drug-likeness (QED) is 0.778. The van der Waals surface area contributed by atoms with Crippen molar-refractivity contribution in [1.29, 1.82) is 0 Å². The minimum absolute atomic E-state index is 0.209. The van der Waals surface area contributed by atoms with Crippen LogP contribution >= 0.6 is 11.3 Å². The molecule has 0 unspecified atom stereocenters. The number of rotatable bonds is 6. The van der Waals surface area contributed by atoms with Crippen molar-refractivity contribution in [3.05, 3.63) is 45.6 Å². The van der Waals surface area contributed by atoms with E-state index in [9.17, 15) is 13.2 Å². The lowest BCUT2D eigenvalue weighted by molar-refractivity contribution is 0.103. The van der Waals surface area contributed by atoms with Gasteiger partial charge in [0, 0.05) is 36.7 Å². The number of carbonyl (C=O) groups excluding carboxylic acids is 1. The van der Waals surface area contributed by atoms with Crippen molar-refractivity contribution in [2.24, 2.45) is 0 Å². The zero-order valence-corrected chi connectivity index (χ0v) is 18.2. The van der Waals surface area contributed by atoms with Crippen LogP contribution in [0.3, 0.4) is 0 Å². The summed E-state index contributed by atoms with van der Waals surface area (Å²) in [5.74, 6) is -0.209. The number of hydrogen-bond acceptors (Lipinski definition) is 5. The zero-order valence-electron chi connectivity index (χ0n) is 16.6. The Morgan fingerprint density at radius 2 is 1.86 bits per heavy atom. The minimum Gasteiger partial charge on any atom is -0.321 e. The van der Waals surface area contributed by atoms with Crippen LogP contribution in [-0.2, 0) is 16.4 Å². The molecule has 0 bridgehead atoms. The average molecular weight is 422 g/mol. The third-order valence-electron chi connectivity index (χ3n) is 5.13. The van der Waals surface area contributed by atoms with Crippen molar-refractivity contribution in [3.63, 3.8) is 0 Å². The number of sulfonamides is 1. The number of likely N-dealkylation sites (N-methyl/N-ethyl adjacent to an activating group) is 1. The Morgan fingerprint density at radius 3 is 2.46 bits per heavy atom. The maximum atomic E-state index is 13.0. The van der Waals surface area contributed by atoms with Gasteiger partial charge < -0.3 is 10.2 Å². The van der Waals surface area contributed by atoms with Crippen molar-refractivity contribution >= 4 is 33.0 Å². The van der Waals surface area contributed by atoms with Crippen molar-refractivity contribution in [2.45, 2.75) is 32.1 Å². The van der Waals surface area contributed by atoms with E-state index in [0.29, 0.717) is 23.7 Å². The smallest absolute Gasteiger partial charge is 0.265 e. The fraction of sp³-hybridized carbons (Fsp3) is 0.450. The highest BCUT2D eigenvalue weighted by Gasteiger charge is 2.28. The molecule has 1 aliphatic rings. The Kier molecular flexibility index (Phi) is 6.54. The van der Waals surface area contributed by atoms with Gasteiger partial charge in [0.2, 0.25) is 10.0 Å². The summed E-state index contributed by atoms with van der Waals surface area (Å²) in [5.41, 5.74) is 1.65. The maximum Gasteiger partial charge on any atom is 0.265 e. The highest BCUT2D eigenvalue weighted by Crippen LogP contribution is 2.25. The summed E-state index contributed by atoms with van der Waals surface area (Å²) in [6.07, 6.45) is 0.884.